The number of amides is 2. The molecule has 0 fully saturated rings. The van der Waals surface area contributed by atoms with Crippen LogP contribution in [0.4, 0.5) is 0 Å². The molecule has 0 spiro atoms. The molecule has 2 rings (SSSR count). The standard InChI is InChI=1S/C16H22N4O4S/c1-3-9-18-16(22)11(2)19-14(21)8-10-17-15-12-6-4-5-7-13(12)25(23,24)20-15/h4-7,11H,3,8-10H2,1-2H3,(H,17,20)(H,18,22)(H,19,21)/t11-/m0/s1. The van der Waals surface area contributed by atoms with E-state index in [1.54, 1.807) is 25.1 Å². The van der Waals surface area contributed by atoms with Gasteiger partial charge in [0.25, 0.3) is 10.0 Å². The average Bonchev–Trinajstić information content (AvgIpc) is 2.83. The molecule has 0 saturated carbocycles. The van der Waals surface area contributed by atoms with Gasteiger partial charge in [0.2, 0.25) is 11.8 Å². The Morgan fingerprint density at radius 3 is 2.72 bits per heavy atom. The Bertz CT molecular complexity index is 789. The lowest BCUT2D eigenvalue weighted by Gasteiger charge is -2.13. The molecule has 25 heavy (non-hydrogen) atoms. The zero-order valence-electron chi connectivity index (χ0n) is 14.2. The maximum absolute atomic E-state index is 12.0. The Morgan fingerprint density at radius 2 is 2.00 bits per heavy atom. The molecule has 9 heteroatoms. The fraction of sp³-hybridized carbons (Fsp3) is 0.438. The van der Waals surface area contributed by atoms with Crippen molar-refractivity contribution in [2.24, 2.45) is 4.99 Å². The highest BCUT2D eigenvalue weighted by atomic mass is 32.2. The Kier molecular flexibility index (Phi) is 6.13. The van der Waals surface area contributed by atoms with Crippen molar-refractivity contribution in [3.63, 3.8) is 0 Å². The van der Waals surface area contributed by atoms with Gasteiger partial charge < -0.3 is 10.6 Å². The SMILES string of the molecule is CCCNC(=O)[C@H](C)NC(=O)CCN=C1NS(=O)(=O)c2ccccc21. The molecule has 0 saturated heterocycles. The van der Waals surface area contributed by atoms with E-state index in [9.17, 15) is 18.0 Å². The largest absolute Gasteiger partial charge is 0.354 e. The van der Waals surface area contributed by atoms with E-state index < -0.39 is 16.1 Å². The molecule has 1 aliphatic rings. The lowest BCUT2D eigenvalue weighted by Crippen LogP contribution is -2.45. The van der Waals surface area contributed by atoms with Gasteiger partial charge in [0, 0.05) is 18.5 Å². The third kappa shape index (κ3) is 4.79. The van der Waals surface area contributed by atoms with E-state index in [2.05, 4.69) is 20.3 Å². The van der Waals surface area contributed by atoms with Crippen LogP contribution in [0.1, 0.15) is 32.3 Å². The fourth-order valence-corrected chi connectivity index (χ4v) is 3.55. The first-order valence-electron chi connectivity index (χ1n) is 8.09. The summed E-state index contributed by atoms with van der Waals surface area (Å²) in [6, 6.07) is 5.90. The molecule has 8 nitrogen and oxygen atoms in total. The Balaban J connectivity index is 1.89. The van der Waals surface area contributed by atoms with Crippen molar-refractivity contribution >= 4 is 27.7 Å². The molecule has 0 radical (unpaired) electrons. The molecule has 0 aliphatic carbocycles. The van der Waals surface area contributed by atoms with Gasteiger partial charge in [0.05, 0.1) is 11.4 Å². The van der Waals surface area contributed by atoms with Gasteiger partial charge in [-0.3, -0.25) is 19.3 Å². The van der Waals surface area contributed by atoms with Crippen LogP contribution in [0.25, 0.3) is 0 Å². The highest BCUT2D eigenvalue weighted by Gasteiger charge is 2.29. The maximum Gasteiger partial charge on any atom is 0.263 e. The minimum Gasteiger partial charge on any atom is -0.354 e. The first kappa shape index (κ1) is 18.9. The summed E-state index contributed by atoms with van der Waals surface area (Å²) in [4.78, 5) is 27.9. The number of sulfonamides is 1. The summed E-state index contributed by atoms with van der Waals surface area (Å²) in [6.07, 6.45) is 0.875. The van der Waals surface area contributed by atoms with Crippen LogP contribution >= 0.6 is 0 Å². The predicted octanol–water partition coefficient (Wildman–Crippen LogP) is 0.146. The van der Waals surface area contributed by atoms with Gasteiger partial charge in [-0.2, -0.15) is 0 Å². The number of nitrogens with zero attached hydrogens (tertiary/aromatic N) is 1. The van der Waals surface area contributed by atoms with Crippen LogP contribution in [0.15, 0.2) is 34.2 Å². The maximum atomic E-state index is 12.0. The fourth-order valence-electron chi connectivity index (χ4n) is 2.30. The van der Waals surface area contributed by atoms with Crippen molar-refractivity contribution in [3.8, 4) is 0 Å². The van der Waals surface area contributed by atoms with Gasteiger partial charge in [-0.15, -0.1) is 0 Å². The number of hydrogen-bond donors (Lipinski definition) is 3. The number of rotatable bonds is 7. The van der Waals surface area contributed by atoms with Crippen LogP contribution < -0.4 is 15.4 Å². The predicted molar refractivity (Wildman–Crippen MR) is 93.7 cm³/mol. The molecule has 2 amide bonds. The van der Waals surface area contributed by atoms with Gasteiger partial charge in [0.1, 0.15) is 11.9 Å². The van der Waals surface area contributed by atoms with Gasteiger partial charge in [-0.05, 0) is 25.5 Å². The second kappa shape index (κ2) is 8.11. The van der Waals surface area contributed by atoms with E-state index in [-0.39, 0.29) is 35.5 Å². The third-order valence-corrected chi connectivity index (χ3v) is 4.99. The van der Waals surface area contributed by atoms with Crippen molar-refractivity contribution in [2.45, 2.75) is 37.6 Å². The summed E-state index contributed by atoms with van der Waals surface area (Å²) in [5.41, 5.74) is 0.496. The number of carbonyl (C=O) groups excluding carboxylic acids is 2. The summed E-state index contributed by atoms with van der Waals surface area (Å²) in [5, 5.41) is 5.29. The summed E-state index contributed by atoms with van der Waals surface area (Å²) in [5.74, 6) is -0.325. The van der Waals surface area contributed by atoms with E-state index in [0.29, 0.717) is 12.1 Å². The van der Waals surface area contributed by atoms with Crippen LogP contribution in [0.5, 0.6) is 0 Å². The number of benzene rings is 1. The van der Waals surface area contributed by atoms with Crippen molar-refractivity contribution in [1.29, 1.82) is 0 Å². The highest BCUT2D eigenvalue weighted by Crippen LogP contribution is 2.22. The van der Waals surface area contributed by atoms with Crippen LogP contribution in [0.2, 0.25) is 0 Å². The van der Waals surface area contributed by atoms with Crippen LogP contribution in [0.3, 0.4) is 0 Å². The summed E-state index contributed by atoms with van der Waals surface area (Å²) in [6.45, 7) is 4.22. The first-order chi connectivity index (χ1) is 11.8. The molecule has 0 aromatic heterocycles. The van der Waals surface area contributed by atoms with Crippen LogP contribution in [-0.4, -0.2) is 45.2 Å². The lowest BCUT2D eigenvalue weighted by atomic mass is 10.2. The molecule has 0 unspecified atom stereocenters. The molecular weight excluding hydrogens is 344 g/mol. The van der Waals surface area contributed by atoms with Gasteiger partial charge >= 0.3 is 0 Å². The van der Waals surface area contributed by atoms with E-state index in [0.717, 1.165) is 6.42 Å². The van der Waals surface area contributed by atoms with Crippen molar-refractivity contribution < 1.29 is 18.0 Å². The summed E-state index contributed by atoms with van der Waals surface area (Å²) < 4.78 is 26.3. The van der Waals surface area contributed by atoms with Crippen molar-refractivity contribution in [1.82, 2.24) is 15.4 Å². The second-order valence-corrected chi connectivity index (χ2v) is 7.31. The number of carbonyl (C=O) groups is 2. The Morgan fingerprint density at radius 1 is 1.28 bits per heavy atom. The summed E-state index contributed by atoms with van der Waals surface area (Å²) >= 11 is 0. The van der Waals surface area contributed by atoms with Gasteiger partial charge in [-0.25, -0.2) is 8.42 Å². The minimum atomic E-state index is -3.58. The minimum absolute atomic E-state index is 0.0544. The van der Waals surface area contributed by atoms with E-state index in [1.165, 1.54) is 6.07 Å². The normalized spacial score (nSPS) is 17.4. The number of aliphatic imine (C=N–C) groups is 1. The molecule has 136 valence electrons. The number of fused-ring (bicyclic) bond motifs is 1. The molecule has 1 heterocycles. The van der Waals surface area contributed by atoms with Crippen LogP contribution in [-0.2, 0) is 19.6 Å². The second-order valence-electron chi connectivity index (χ2n) is 5.66. The molecule has 1 aliphatic heterocycles. The molecular formula is C16H22N4O4S. The molecule has 1 aromatic carbocycles. The van der Waals surface area contributed by atoms with Gasteiger partial charge in [-0.1, -0.05) is 19.1 Å². The quantitative estimate of drug-likeness (QED) is 0.636. The van der Waals surface area contributed by atoms with Crippen molar-refractivity contribution in [3.05, 3.63) is 29.8 Å². The van der Waals surface area contributed by atoms with Gasteiger partial charge in [0.15, 0.2) is 0 Å². The van der Waals surface area contributed by atoms with Crippen LogP contribution in [0, 0.1) is 0 Å². The monoisotopic (exact) mass is 366 g/mol. The van der Waals surface area contributed by atoms with E-state index >= 15 is 0 Å². The zero-order valence-corrected chi connectivity index (χ0v) is 15.0. The molecule has 0 bridgehead atoms. The molecule has 1 atom stereocenters. The smallest absolute Gasteiger partial charge is 0.263 e. The highest BCUT2D eigenvalue weighted by molar-refractivity contribution is 7.90. The number of amidine groups is 1. The molecule has 3 N–H and O–H groups in total. The number of hydrogen-bond acceptors (Lipinski definition) is 5. The Labute approximate surface area is 147 Å². The Hall–Kier alpha value is -2.42. The molecule has 1 aromatic rings. The third-order valence-electron chi connectivity index (χ3n) is 3.59. The summed E-state index contributed by atoms with van der Waals surface area (Å²) in [7, 11) is -3.58. The van der Waals surface area contributed by atoms with E-state index in [4.69, 9.17) is 0 Å². The average molecular weight is 366 g/mol. The number of nitrogens with one attached hydrogen (secondary N) is 3. The topological polar surface area (TPSA) is 117 Å². The lowest BCUT2D eigenvalue weighted by molar-refractivity contribution is -0.128. The van der Waals surface area contributed by atoms with E-state index in [1.807, 2.05) is 6.92 Å². The first-order valence-corrected chi connectivity index (χ1v) is 9.57. The van der Waals surface area contributed by atoms with Crippen molar-refractivity contribution in [2.75, 3.05) is 13.1 Å². The zero-order chi connectivity index (χ0) is 18.4.